The summed E-state index contributed by atoms with van der Waals surface area (Å²) in [4.78, 5) is 11.5. The smallest absolute Gasteiger partial charge is 0.393 e. The largest absolute Gasteiger partial charge is 0.416 e. The highest BCUT2D eigenvalue weighted by molar-refractivity contribution is 5.86. The van der Waals surface area contributed by atoms with E-state index in [2.05, 4.69) is 5.32 Å². The third-order valence-electron chi connectivity index (χ3n) is 3.96. The molecule has 0 bridgehead atoms. The normalized spacial score (nSPS) is 26.3. The SMILES string of the molecule is CC(Cc1cccc(C(F)(F)F)c1)NC1(C(N)=O)CC(O)C1. The Kier molecular flexibility index (Phi) is 4.49. The van der Waals surface area contributed by atoms with Gasteiger partial charge in [-0.15, -0.1) is 0 Å². The minimum atomic E-state index is -4.38. The number of primary amides is 1. The van der Waals surface area contributed by atoms with Gasteiger partial charge in [-0.3, -0.25) is 4.79 Å². The fourth-order valence-corrected chi connectivity index (χ4v) is 2.89. The van der Waals surface area contributed by atoms with Gasteiger partial charge in [0.1, 0.15) is 5.54 Å². The molecule has 0 spiro atoms. The number of aliphatic hydroxyl groups excluding tert-OH is 1. The third-order valence-corrected chi connectivity index (χ3v) is 3.96. The Hall–Kier alpha value is -1.60. The molecule has 0 aliphatic heterocycles. The monoisotopic (exact) mass is 316 g/mol. The van der Waals surface area contributed by atoms with Crippen molar-refractivity contribution in [1.29, 1.82) is 0 Å². The lowest BCUT2D eigenvalue weighted by atomic mass is 9.73. The van der Waals surface area contributed by atoms with Crippen LogP contribution >= 0.6 is 0 Å². The van der Waals surface area contributed by atoms with Crippen LogP contribution in [0.2, 0.25) is 0 Å². The van der Waals surface area contributed by atoms with Crippen LogP contribution in [-0.4, -0.2) is 28.7 Å². The average molecular weight is 316 g/mol. The van der Waals surface area contributed by atoms with E-state index >= 15 is 0 Å². The summed E-state index contributed by atoms with van der Waals surface area (Å²) in [5.41, 5.74) is 4.23. The zero-order valence-electron chi connectivity index (χ0n) is 12.2. The summed E-state index contributed by atoms with van der Waals surface area (Å²) in [6.45, 7) is 1.77. The zero-order chi connectivity index (χ0) is 16.5. The molecule has 122 valence electrons. The van der Waals surface area contributed by atoms with Crippen LogP contribution in [0.4, 0.5) is 13.2 Å². The second-order valence-electron chi connectivity index (χ2n) is 5.96. The average Bonchev–Trinajstić information content (AvgIpc) is 2.35. The molecule has 0 aromatic heterocycles. The lowest BCUT2D eigenvalue weighted by Crippen LogP contribution is -2.67. The highest BCUT2D eigenvalue weighted by atomic mass is 19.4. The maximum Gasteiger partial charge on any atom is 0.416 e. The molecule has 1 aliphatic carbocycles. The summed E-state index contributed by atoms with van der Waals surface area (Å²) < 4.78 is 38.1. The van der Waals surface area contributed by atoms with Crippen LogP contribution in [-0.2, 0) is 17.4 Å². The fourth-order valence-electron chi connectivity index (χ4n) is 2.89. The maximum absolute atomic E-state index is 12.7. The van der Waals surface area contributed by atoms with Crippen LogP contribution in [0, 0.1) is 0 Å². The van der Waals surface area contributed by atoms with Crippen molar-refractivity contribution in [3.63, 3.8) is 0 Å². The predicted molar refractivity (Wildman–Crippen MR) is 74.9 cm³/mol. The minimum absolute atomic E-state index is 0.231. The Labute approximate surface area is 126 Å². The lowest BCUT2D eigenvalue weighted by molar-refractivity contribution is -0.137. The number of halogens is 3. The van der Waals surface area contributed by atoms with Gasteiger partial charge >= 0.3 is 6.18 Å². The number of nitrogens with two attached hydrogens (primary N) is 1. The first-order chi connectivity index (χ1) is 10.1. The van der Waals surface area contributed by atoms with Gasteiger partial charge in [-0.1, -0.05) is 18.2 Å². The van der Waals surface area contributed by atoms with E-state index < -0.39 is 29.3 Å². The number of rotatable bonds is 5. The van der Waals surface area contributed by atoms with E-state index in [1.54, 1.807) is 13.0 Å². The van der Waals surface area contributed by atoms with E-state index in [-0.39, 0.29) is 18.9 Å². The van der Waals surface area contributed by atoms with Gasteiger partial charge in [0.25, 0.3) is 0 Å². The van der Waals surface area contributed by atoms with Crippen LogP contribution in [0.3, 0.4) is 0 Å². The van der Waals surface area contributed by atoms with Gasteiger partial charge in [-0.2, -0.15) is 13.2 Å². The summed E-state index contributed by atoms with van der Waals surface area (Å²) in [6, 6.07) is 4.85. The number of carbonyl (C=O) groups is 1. The maximum atomic E-state index is 12.7. The summed E-state index contributed by atoms with van der Waals surface area (Å²) >= 11 is 0. The van der Waals surface area contributed by atoms with Crippen molar-refractivity contribution in [2.75, 3.05) is 0 Å². The first-order valence-corrected chi connectivity index (χ1v) is 7.04. The number of benzene rings is 1. The van der Waals surface area contributed by atoms with Crippen molar-refractivity contribution in [3.05, 3.63) is 35.4 Å². The van der Waals surface area contributed by atoms with Crippen molar-refractivity contribution in [2.45, 2.75) is 50.0 Å². The van der Waals surface area contributed by atoms with Crippen molar-refractivity contribution >= 4 is 5.91 Å². The Morgan fingerprint density at radius 3 is 2.64 bits per heavy atom. The zero-order valence-corrected chi connectivity index (χ0v) is 12.2. The first-order valence-electron chi connectivity index (χ1n) is 7.04. The Morgan fingerprint density at radius 1 is 1.50 bits per heavy atom. The van der Waals surface area contributed by atoms with Crippen LogP contribution < -0.4 is 11.1 Å². The number of aliphatic hydroxyl groups is 1. The molecule has 1 unspecified atom stereocenters. The van der Waals surface area contributed by atoms with Crippen molar-refractivity contribution in [1.82, 2.24) is 5.32 Å². The Bertz CT molecular complexity index is 554. The minimum Gasteiger partial charge on any atom is -0.393 e. The molecule has 7 heteroatoms. The number of alkyl halides is 3. The standard InChI is InChI=1S/C15H19F3N2O2/c1-9(20-14(13(19)22)7-12(21)8-14)5-10-3-2-4-11(6-10)15(16,17)18/h2-4,6,9,12,20-21H,5,7-8H2,1H3,(H2,19,22). The third kappa shape index (κ3) is 3.59. The van der Waals surface area contributed by atoms with Crippen LogP contribution in [0.25, 0.3) is 0 Å². The van der Waals surface area contributed by atoms with E-state index in [0.717, 1.165) is 12.1 Å². The second-order valence-corrected chi connectivity index (χ2v) is 5.96. The van der Waals surface area contributed by atoms with Crippen LogP contribution in [0.15, 0.2) is 24.3 Å². The number of hydrogen-bond acceptors (Lipinski definition) is 3. The highest BCUT2D eigenvalue weighted by Gasteiger charge is 2.48. The highest BCUT2D eigenvalue weighted by Crippen LogP contribution is 2.33. The molecule has 4 nitrogen and oxygen atoms in total. The molecular weight excluding hydrogens is 297 g/mol. The molecule has 0 heterocycles. The molecule has 2 rings (SSSR count). The van der Waals surface area contributed by atoms with Gasteiger partial charge in [-0.05, 0) is 25.0 Å². The second kappa shape index (κ2) is 5.89. The first kappa shape index (κ1) is 16.8. The summed E-state index contributed by atoms with van der Waals surface area (Å²) in [6.07, 6.45) is -4.15. The van der Waals surface area contributed by atoms with Gasteiger partial charge < -0.3 is 16.2 Å². The molecule has 1 fully saturated rings. The predicted octanol–water partition coefficient (Wildman–Crippen LogP) is 1.60. The molecule has 1 atom stereocenters. The van der Waals surface area contributed by atoms with Gasteiger partial charge in [0.2, 0.25) is 5.91 Å². The van der Waals surface area contributed by atoms with Gasteiger partial charge in [-0.25, -0.2) is 0 Å². The van der Waals surface area contributed by atoms with E-state index in [1.807, 2.05) is 0 Å². The molecule has 1 amide bonds. The Balaban J connectivity index is 2.03. The number of hydrogen-bond donors (Lipinski definition) is 3. The van der Waals surface area contributed by atoms with Crippen molar-refractivity contribution < 1.29 is 23.1 Å². The van der Waals surface area contributed by atoms with E-state index in [1.165, 1.54) is 6.07 Å². The van der Waals surface area contributed by atoms with E-state index in [0.29, 0.717) is 12.0 Å². The molecule has 1 aromatic carbocycles. The number of amides is 1. The summed E-state index contributed by atoms with van der Waals surface area (Å²) in [5.74, 6) is -0.548. The van der Waals surface area contributed by atoms with Gasteiger partial charge in [0.05, 0.1) is 11.7 Å². The quantitative estimate of drug-likeness (QED) is 0.772. The molecular formula is C15H19F3N2O2. The molecule has 1 aromatic rings. The van der Waals surface area contributed by atoms with Crippen LogP contribution in [0.5, 0.6) is 0 Å². The summed E-state index contributed by atoms with van der Waals surface area (Å²) in [5, 5.41) is 12.4. The molecule has 4 N–H and O–H groups in total. The van der Waals surface area contributed by atoms with Crippen LogP contribution in [0.1, 0.15) is 30.9 Å². The summed E-state index contributed by atoms with van der Waals surface area (Å²) in [7, 11) is 0. The molecule has 0 radical (unpaired) electrons. The van der Waals surface area contributed by atoms with E-state index in [4.69, 9.17) is 5.73 Å². The van der Waals surface area contributed by atoms with Crippen molar-refractivity contribution in [2.24, 2.45) is 5.73 Å². The molecule has 1 aliphatic rings. The molecule has 22 heavy (non-hydrogen) atoms. The number of carbonyl (C=O) groups excluding carboxylic acids is 1. The molecule has 1 saturated carbocycles. The van der Waals surface area contributed by atoms with Crippen molar-refractivity contribution in [3.8, 4) is 0 Å². The fraction of sp³-hybridized carbons (Fsp3) is 0.533. The van der Waals surface area contributed by atoms with E-state index in [9.17, 15) is 23.1 Å². The van der Waals surface area contributed by atoms with Gasteiger partial charge in [0.15, 0.2) is 0 Å². The molecule has 0 saturated heterocycles. The topological polar surface area (TPSA) is 75.3 Å². The Morgan fingerprint density at radius 2 is 2.14 bits per heavy atom. The lowest BCUT2D eigenvalue weighted by Gasteiger charge is -2.45. The number of nitrogens with one attached hydrogen (secondary N) is 1. The van der Waals surface area contributed by atoms with Gasteiger partial charge in [0, 0.05) is 18.9 Å².